The number of halogens is 3. The molecule has 0 spiro atoms. The van der Waals surface area contributed by atoms with Crippen molar-refractivity contribution >= 4 is 0 Å². The number of aliphatic hydroxyl groups excluding tert-OH is 1. The van der Waals surface area contributed by atoms with Gasteiger partial charge in [-0.3, -0.25) is 5.32 Å². The van der Waals surface area contributed by atoms with Crippen LogP contribution in [-0.4, -0.2) is 37.6 Å². The predicted octanol–water partition coefficient (Wildman–Crippen LogP) is 1.89. The third kappa shape index (κ3) is 4.29. The standard InChI is InChI=1S/C12H16F3NO2/c1-18-8-10(7-17)16-11(12(13,14)15)9-5-3-2-4-6-9/h2-6,10-11,16-17H,7-8H2,1H3. The summed E-state index contributed by atoms with van der Waals surface area (Å²) in [5, 5.41) is 11.4. The Morgan fingerprint density at radius 3 is 2.33 bits per heavy atom. The maximum Gasteiger partial charge on any atom is 0.407 e. The van der Waals surface area contributed by atoms with Gasteiger partial charge in [0.15, 0.2) is 0 Å². The van der Waals surface area contributed by atoms with Crippen molar-refractivity contribution in [2.75, 3.05) is 20.3 Å². The second kappa shape index (κ2) is 6.72. The third-order valence-corrected chi connectivity index (χ3v) is 2.45. The highest BCUT2D eigenvalue weighted by Crippen LogP contribution is 2.32. The molecule has 0 aliphatic rings. The predicted molar refractivity (Wildman–Crippen MR) is 61.1 cm³/mol. The fourth-order valence-electron chi connectivity index (χ4n) is 1.62. The van der Waals surface area contributed by atoms with Gasteiger partial charge in [0.05, 0.1) is 19.3 Å². The van der Waals surface area contributed by atoms with Gasteiger partial charge in [-0.25, -0.2) is 0 Å². The Labute approximate surface area is 104 Å². The van der Waals surface area contributed by atoms with Crippen LogP contribution in [0.25, 0.3) is 0 Å². The van der Waals surface area contributed by atoms with Crippen LogP contribution in [0.1, 0.15) is 11.6 Å². The number of nitrogens with one attached hydrogen (secondary N) is 1. The lowest BCUT2D eigenvalue weighted by molar-refractivity contribution is -0.161. The van der Waals surface area contributed by atoms with Gasteiger partial charge in [-0.1, -0.05) is 30.3 Å². The number of hydrogen-bond acceptors (Lipinski definition) is 3. The van der Waals surface area contributed by atoms with Gasteiger partial charge < -0.3 is 9.84 Å². The van der Waals surface area contributed by atoms with Gasteiger partial charge in [-0.15, -0.1) is 0 Å². The first-order chi connectivity index (χ1) is 8.49. The summed E-state index contributed by atoms with van der Waals surface area (Å²) in [5.41, 5.74) is 0.111. The molecule has 0 bridgehead atoms. The molecule has 2 N–H and O–H groups in total. The van der Waals surface area contributed by atoms with E-state index in [0.29, 0.717) is 0 Å². The summed E-state index contributed by atoms with van der Waals surface area (Å²) in [4.78, 5) is 0. The summed E-state index contributed by atoms with van der Waals surface area (Å²) in [6, 6.07) is 4.95. The maximum atomic E-state index is 13.0. The van der Waals surface area contributed by atoms with Crippen LogP contribution in [0.4, 0.5) is 13.2 Å². The van der Waals surface area contributed by atoms with E-state index in [9.17, 15) is 13.2 Å². The Balaban J connectivity index is 2.86. The van der Waals surface area contributed by atoms with Gasteiger partial charge in [0.25, 0.3) is 0 Å². The Morgan fingerprint density at radius 2 is 1.89 bits per heavy atom. The van der Waals surface area contributed by atoms with Gasteiger partial charge in [0.1, 0.15) is 6.04 Å². The van der Waals surface area contributed by atoms with Crippen LogP contribution in [-0.2, 0) is 4.74 Å². The van der Waals surface area contributed by atoms with Crippen LogP contribution in [0.5, 0.6) is 0 Å². The zero-order chi connectivity index (χ0) is 13.6. The van der Waals surface area contributed by atoms with Crippen molar-refractivity contribution in [1.29, 1.82) is 0 Å². The van der Waals surface area contributed by atoms with E-state index >= 15 is 0 Å². The molecule has 0 saturated carbocycles. The first-order valence-corrected chi connectivity index (χ1v) is 5.46. The van der Waals surface area contributed by atoms with Crippen molar-refractivity contribution < 1.29 is 23.0 Å². The minimum Gasteiger partial charge on any atom is -0.395 e. The Morgan fingerprint density at radius 1 is 1.28 bits per heavy atom. The summed E-state index contributed by atoms with van der Waals surface area (Å²) < 4.78 is 43.6. The van der Waals surface area contributed by atoms with E-state index in [1.807, 2.05) is 0 Å². The molecule has 6 heteroatoms. The topological polar surface area (TPSA) is 41.5 Å². The van der Waals surface area contributed by atoms with Crippen LogP contribution in [0.3, 0.4) is 0 Å². The highest BCUT2D eigenvalue weighted by Gasteiger charge is 2.41. The van der Waals surface area contributed by atoms with Crippen molar-refractivity contribution in [3.63, 3.8) is 0 Å². The molecule has 102 valence electrons. The minimum absolute atomic E-state index is 0.00983. The van der Waals surface area contributed by atoms with E-state index in [-0.39, 0.29) is 12.2 Å². The quantitative estimate of drug-likeness (QED) is 0.823. The second-order valence-corrected chi connectivity index (χ2v) is 3.89. The molecule has 0 fully saturated rings. The molecule has 0 aliphatic carbocycles. The van der Waals surface area contributed by atoms with Gasteiger partial charge in [0.2, 0.25) is 0 Å². The van der Waals surface area contributed by atoms with Crippen molar-refractivity contribution in [2.24, 2.45) is 0 Å². The van der Waals surface area contributed by atoms with Gasteiger partial charge in [-0.05, 0) is 5.56 Å². The Hall–Kier alpha value is -1.11. The first-order valence-electron chi connectivity index (χ1n) is 5.46. The monoisotopic (exact) mass is 263 g/mol. The third-order valence-electron chi connectivity index (χ3n) is 2.45. The van der Waals surface area contributed by atoms with Crippen LogP contribution >= 0.6 is 0 Å². The average molecular weight is 263 g/mol. The lowest BCUT2D eigenvalue weighted by Gasteiger charge is -2.26. The molecule has 1 rings (SSSR count). The zero-order valence-corrected chi connectivity index (χ0v) is 9.95. The first kappa shape index (κ1) is 14.9. The number of rotatable bonds is 6. The molecule has 0 aliphatic heterocycles. The molecule has 2 unspecified atom stereocenters. The number of benzene rings is 1. The molecule has 0 heterocycles. The van der Waals surface area contributed by atoms with Crippen molar-refractivity contribution in [3.8, 4) is 0 Å². The van der Waals surface area contributed by atoms with Crippen LogP contribution in [0.15, 0.2) is 30.3 Å². The summed E-state index contributed by atoms with van der Waals surface area (Å²) in [5.74, 6) is 0. The van der Waals surface area contributed by atoms with Crippen LogP contribution in [0.2, 0.25) is 0 Å². The van der Waals surface area contributed by atoms with Crippen LogP contribution in [0, 0.1) is 0 Å². The van der Waals surface area contributed by atoms with Gasteiger partial charge in [0, 0.05) is 7.11 Å². The van der Waals surface area contributed by atoms with Crippen molar-refractivity contribution in [2.45, 2.75) is 18.3 Å². The number of methoxy groups -OCH3 is 1. The van der Waals surface area contributed by atoms with Gasteiger partial charge in [-0.2, -0.15) is 13.2 Å². The van der Waals surface area contributed by atoms with Crippen molar-refractivity contribution in [1.82, 2.24) is 5.32 Å². The van der Waals surface area contributed by atoms with Crippen LogP contribution < -0.4 is 5.32 Å². The Kier molecular flexibility index (Phi) is 5.58. The summed E-state index contributed by atoms with van der Waals surface area (Å²) in [6.07, 6.45) is -4.43. The van der Waals surface area contributed by atoms with E-state index in [0.717, 1.165) is 0 Å². The average Bonchev–Trinajstić information content (AvgIpc) is 2.34. The smallest absolute Gasteiger partial charge is 0.395 e. The minimum atomic E-state index is -4.43. The molecule has 3 nitrogen and oxygen atoms in total. The molecular weight excluding hydrogens is 247 g/mol. The molecule has 0 amide bonds. The zero-order valence-electron chi connectivity index (χ0n) is 9.95. The van der Waals surface area contributed by atoms with E-state index < -0.39 is 24.9 Å². The molecular formula is C12H16F3NO2. The van der Waals surface area contributed by atoms with E-state index in [2.05, 4.69) is 5.32 Å². The fourth-order valence-corrected chi connectivity index (χ4v) is 1.62. The van der Waals surface area contributed by atoms with Gasteiger partial charge >= 0.3 is 6.18 Å². The molecule has 0 saturated heterocycles. The molecule has 1 aromatic carbocycles. The number of hydrogen-bond donors (Lipinski definition) is 2. The molecule has 18 heavy (non-hydrogen) atoms. The molecule has 2 atom stereocenters. The molecule has 0 aromatic heterocycles. The lowest BCUT2D eigenvalue weighted by Crippen LogP contribution is -2.44. The summed E-state index contributed by atoms with van der Waals surface area (Å²) >= 11 is 0. The number of alkyl halides is 3. The largest absolute Gasteiger partial charge is 0.407 e. The Bertz CT molecular complexity index is 343. The van der Waals surface area contributed by atoms with E-state index in [4.69, 9.17) is 9.84 Å². The summed E-state index contributed by atoms with van der Waals surface area (Å²) in [7, 11) is 1.37. The fraction of sp³-hybridized carbons (Fsp3) is 0.500. The normalized spacial score (nSPS) is 15.4. The summed E-state index contributed by atoms with van der Waals surface area (Å²) in [6.45, 7) is -0.414. The number of ether oxygens (including phenoxy) is 1. The maximum absolute atomic E-state index is 13.0. The van der Waals surface area contributed by atoms with E-state index in [1.54, 1.807) is 18.2 Å². The molecule has 0 radical (unpaired) electrons. The molecule has 1 aromatic rings. The van der Waals surface area contributed by atoms with E-state index in [1.165, 1.54) is 19.2 Å². The highest BCUT2D eigenvalue weighted by molar-refractivity contribution is 5.20. The highest BCUT2D eigenvalue weighted by atomic mass is 19.4. The SMILES string of the molecule is COCC(CO)NC(c1ccccc1)C(F)(F)F. The van der Waals surface area contributed by atoms with Crippen molar-refractivity contribution in [3.05, 3.63) is 35.9 Å². The number of aliphatic hydroxyl groups is 1. The second-order valence-electron chi connectivity index (χ2n) is 3.89. The lowest BCUT2D eigenvalue weighted by atomic mass is 10.1.